The van der Waals surface area contributed by atoms with Crippen LogP contribution in [0.15, 0.2) is 36.4 Å². The maximum atomic E-state index is 12.7. The second-order valence-electron chi connectivity index (χ2n) is 9.54. The monoisotopic (exact) mass is 501 g/mol. The fourth-order valence-corrected chi connectivity index (χ4v) is 5.58. The lowest BCUT2D eigenvalue weighted by Gasteiger charge is -2.25. The van der Waals surface area contributed by atoms with Crippen LogP contribution in [0, 0.1) is 0 Å². The number of esters is 1. The Kier molecular flexibility index (Phi) is 10.8. The Labute approximate surface area is 212 Å². The van der Waals surface area contributed by atoms with Gasteiger partial charge >= 0.3 is 5.97 Å². The third-order valence-electron chi connectivity index (χ3n) is 6.75. The molecule has 1 aliphatic heterocycles. The highest BCUT2D eigenvalue weighted by molar-refractivity contribution is 7.13. The number of anilines is 1. The summed E-state index contributed by atoms with van der Waals surface area (Å²) in [4.78, 5) is 28.3. The molecule has 7 heteroatoms. The van der Waals surface area contributed by atoms with Crippen molar-refractivity contribution >= 4 is 28.9 Å². The molecule has 1 saturated heterocycles. The van der Waals surface area contributed by atoms with E-state index >= 15 is 0 Å². The number of hydrogen-bond acceptors (Lipinski definition) is 6. The van der Waals surface area contributed by atoms with E-state index in [1.165, 1.54) is 42.6 Å². The molecule has 35 heavy (non-hydrogen) atoms. The second kappa shape index (κ2) is 13.8. The third kappa shape index (κ3) is 7.89. The van der Waals surface area contributed by atoms with Gasteiger partial charge in [-0.1, -0.05) is 45.2 Å². The summed E-state index contributed by atoms with van der Waals surface area (Å²) < 4.78 is 5.02. The van der Waals surface area contributed by atoms with Gasteiger partial charge in [-0.15, -0.1) is 11.3 Å². The van der Waals surface area contributed by atoms with Crippen LogP contribution in [0.1, 0.15) is 91.2 Å². The molecule has 0 saturated carbocycles. The molecule has 0 unspecified atom stereocenters. The van der Waals surface area contributed by atoms with Crippen molar-refractivity contribution < 1.29 is 24.5 Å². The van der Waals surface area contributed by atoms with Crippen LogP contribution in [0.2, 0.25) is 0 Å². The summed E-state index contributed by atoms with van der Waals surface area (Å²) in [5.74, 6) is 0.253. The number of benzene rings is 1. The average Bonchev–Trinajstić information content (AvgIpc) is 3.49. The number of carbonyl (C=O) groups is 2. The molecule has 6 nitrogen and oxygen atoms in total. The van der Waals surface area contributed by atoms with Crippen molar-refractivity contribution in [1.29, 1.82) is 0 Å². The Morgan fingerprint density at radius 1 is 1.17 bits per heavy atom. The lowest BCUT2D eigenvalue weighted by molar-refractivity contribution is -0.117. The number of unbranched alkanes of at least 4 members (excludes halogenated alkanes) is 2. The minimum Gasteiger partial charge on any atom is -0.459 e. The standard InChI is InChI=1S/C28H39NO5S/c1-3-4-5-7-20(2)21-10-12-23(13-11-21)29-22(14-17-27(29)32)8-6-9-25-15-16-26(35-25)28(33)34-19-24(31)18-30/h10-13,15-16,20,22,24,30-31H,3-9,14,17-19H2,1-2H3/t20-,22-,24-/m0/s1. The van der Waals surface area contributed by atoms with Gasteiger partial charge in [-0.05, 0) is 67.9 Å². The number of aryl methyl sites for hydroxylation is 1. The number of aliphatic hydroxyl groups is 2. The third-order valence-corrected chi connectivity index (χ3v) is 7.87. The molecule has 1 amide bonds. The fraction of sp³-hybridized carbons (Fsp3) is 0.571. The van der Waals surface area contributed by atoms with Gasteiger partial charge in [0.2, 0.25) is 5.91 Å². The Balaban J connectivity index is 1.50. The molecule has 1 fully saturated rings. The summed E-state index contributed by atoms with van der Waals surface area (Å²) in [5.41, 5.74) is 2.33. The first-order valence-electron chi connectivity index (χ1n) is 12.9. The van der Waals surface area contributed by atoms with Gasteiger partial charge in [0.15, 0.2) is 0 Å². The first-order chi connectivity index (χ1) is 16.9. The Bertz CT molecular complexity index is 941. The van der Waals surface area contributed by atoms with E-state index in [1.807, 2.05) is 11.0 Å². The molecular weight excluding hydrogens is 462 g/mol. The number of amides is 1. The highest BCUT2D eigenvalue weighted by Crippen LogP contribution is 2.32. The normalized spacial score (nSPS) is 17.5. The van der Waals surface area contributed by atoms with E-state index in [1.54, 1.807) is 6.07 Å². The van der Waals surface area contributed by atoms with Gasteiger partial charge in [-0.25, -0.2) is 4.79 Å². The zero-order valence-corrected chi connectivity index (χ0v) is 21.8. The van der Waals surface area contributed by atoms with E-state index in [4.69, 9.17) is 9.84 Å². The molecule has 0 aliphatic carbocycles. The summed E-state index contributed by atoms with van der Waals surface area (Å²) in [5, 5.41) is 18.2. The molecule has 3 atom stereocenters. The Hall–Kier alpha value is -2.22. The zero-order chi connectivity index (χ0) is 25.2. The molecule has 0 bridgehead atoms. The topological polar surface area (TPSA) is 87.1 Å². The molecule has 1 aromatic carbocycles. The maximum absolute atomic E-state index is 12.7. The van der Waals surface area contributed by atoms with E-state index in [0.29, 0.717) is 17.2 Å². The highest BCUT2D eigenvalue weighted by Gasteiger charge is 2.31. The minimum atomic E-state index is -1.05. The average molecular weight is 502 g/mol. The van der Waals surface area contributed by atoms with Gasteiger partial charge in [0.25, 0.3) is 0 Å². The first kappa shape index (κ1) is 27.4. The Morgan fingerprint density at radius 3 is 2.66 bits per heavy atom. The molecule has 2 aromatic rings. The smallest absolute Gasteiger partial charge is 0.348 e. The van der Waals surface area contributed by atoms with E-state index in [2.05, 4.69) is 38.1 Å². The largest absolute Gasteiger partial charge is 0.459 e. The van der Waals surface area contributed by atoms with E-state index in [9.17, 15) is 14.7 Å². The van der Waals surface area contributed by atoms with Crippen molar-refractivity contribution in [3.63, 3.8) is 0 Å². The molecule has 0 radical (unpaired) electrons. The molecule has 2 N–H and O–H groups in total. The van der Waals surface area contributed by atoms with E-state index < -0.39 is 18.7 Å². The van der Waals surface area contributed by atoms with Crippen LogP contribution < -0.4 is 4.90 Å². The first-order valence-corrected chi connectivity index (χ1v) is 13.7. The second-order valence-corrected chi connectivity index (χ2v) is 10.7. The predicted octanol–water partition coefficient (Wildman–Crippen LogP) is 5.46. The van der Waals surface area contributed by atoms with Crippen LogP contribution in [-0.2, 0) is 16.0 Å². The van der Waals surface area contributed by atoms with Crippen LogP contribution in [0.5, 0.6) is 0 Å². The van der Waals surface area contributed by atoms with Gasteiger partial charge in [0, 0.05) is 23.0 Å². The van der Waals surface area contributed by atoms with Gasteiger partial charge in [-0.2, -0.15) is 0 Å². The number of nitrogens with zero attached hydrogens (tertiary/aromatic N) is 1. The van der Waals surface area contributed by atoms with Crippen molar-refractivity contribution in [3.8, 4) is 0 Å². The summed E-state index contributed by atoms with van der Waals surface area (Å²) in [7, 11) is 0. The van der Waals surface area contributed by atoms with Crippen LogP contribution >= 0.6 is 11.3 Å². The quantitative estimate of drug-likeness (QED) is 0.265. The molecule has 192 valence electrons. The molecule has 1 aromatic heterocycles. The lowest BCUT2D eigenvalue weighted by Crippen LogP contribution is -2.32. The lowest BCUT2D eigenvalue weighted by atomic mass is 9.95. The SMILES string of the molecule is CCCCC[C@H](C)c1ccc(N2C(=O)CC[C@@H]2CCCc2ccc(C(=O)OC[C@@H](O)CO)s2)cc1. The van der Waals surface area contributed by atoms with Gasteiger partial charge in [0.05, 0.1) is 6.61 Å². The molecule has 2 heterocycles. The van der Waals surface area contributed by atoms with Crippen molar-refractivity contribution in [3.05, 3.63) is 51.7 Å². The van der Waals surface area contributed by atoms with E-state index in [0.717, 1.165) is 36.2 Å². The highest BCUT2D eigenvalue weighted by atomic mass is 32.1. The van der Waals surface area contributed by atoms with Crippen LogP contribution in [0.25, 0.3) is 0 Å². The molecule has 1 aliphatic rings. The van der Waals surface area contributed by atoms with Gasteiger partial charge in [0.1, 0.15) is 17.6 Å². The zero-order valence-electron chi connectivity index (χ0n) is 20.9. The molecular formula is C28H39NO5S. The fourth-order valence-electron chi connectivity index (χ4n) is 4.63. The van der Waals surface area contributed by atoms with Gasteiger partial charge < -0.3 is 19.8 Å². The van der Waals surface area contributed by atoms with E-state index in [-0.39, 0.29) is 18.6 Å². The van der Waals surface area contributed by atoms with Gasteiger partial charge in [-0.3, -0.25) is 4.79 Å². The summed E-state index contributed by atoms with van der Waals surface area (Å²) in [6, 6.07) is 12.5. The number of rotatable bonds is 14. The summed E-state index contributed by atoms with van der Waals surface area (Å²) >= 11 is 1.39. The minimum absolute atomic E-state index is 0.199. The number of hydrogen-bond donors (Lipinski definition) is 2. The van der Waals surface area contributed by atoms with Crippen LogP contribution in [0.3, 0.4) is 0 Å². The predicted molar refractivity (Wildman–Crippen MR) is 140 cm³/mol. The number of aliphatic hydroxyl groups excluding tert-OH is 2. The van der Waals surface area contributed by atoms with Crippen molar-refractivity contribution in [1.82, 2.24) is 0 Å². The number of thiophene rings is 1. The molecule has 3 rings (SSSR count). The summed E-state index contributed by atoms with van der Waals surface area (Å²) in [6.07, 6.45) is 8.07. The van der Waals surface area contributed by atoms with Crippen molar-refractivity contribution in [2.45, 2.75) is 89.7 Å². The molecule has 0 spiro atoms. The number of carbonyl (C=O) groups excluding carboxylic acids is 2. The van der Waals surface area contributed by atoms with Crippen molar-refractivity contribution in [2.75, 3.05) is 18.1 Å². The van der Waals surface area contributed by atoms with Crippen LogP contribution in [-0.4, -0.2) is 47.4 Å². The Morgan fingerprint density at radius 2 is 1.94 bits per heavy atom. The summed E-state index contributed by atoms with van der Waals surface area (Å²) in [6.45, 7) is 3.85. The van der Waals surface area contributed by atoms with Crippen LogP contribution in [0.4, 0.5) is 5.69 Å². The van der Waals surface area contributed by atoms with Crippen molar-refractivity contribution in [2.24, 2.45) is 0 Å². The number of ether oxygens (including phenoxy) is 1. The maximum Gasteiger partial charge on any atom is 0.348 e.